The van der Waals surface area contributed by atoms with Crippen LogP contribution in [-0.2, 0) is 0 Å². The second-order valence-electron chi connectivity index (χ2n) is 7.93. The van der Waals surface area contributed by atoms with Crippen LogP contribution in [0.25, 0.3) is 0 Å². The minimum Gasteiger partial charge on any atom is -0.507 e. The fourth-order valence-electron chi connectivity index (χ4n) is 3.82. The third kappa shape index (κ3) is 6.06. The molecule has 4 N–H and O–H groups in total. The van der Waals surface area contributed by atoms with Crippen molar-refractivity contribution >= 4 is 40.7 Å². The maximum atomic E-state index is 12.9. The van der Waals surface area contributed by atoms with Crippen LogP contribution in [0, 0.1) is 0 Å². The molecule has 1 heterocycles. The third-order valence-corrected chi connectivity index (χ3v) is 6.03. The molecule has 0 atom stereocenters. The Morgan fingerprint density at radius 3 is 2.42 bits per heavy atom. The van der Waals surface area contributed by atoms with Crippen LogP contribution in [0.3, 0.4) is 0 Å². The highest BCUT2D eigenvalue weighted by atomic mass is 35.5. The molecule has 1 saturated carbocycles. The summed E-state index contributed by atoms with van der Waals surface area (Å²) in [4.78, 5) is 12.9. The van der Waals surface area contributed by atoms with Crippen LogP contribution < -0.4 is 15.4 Å². The average molecular weight is 491 g/mol. The minimum atomic E-state index is -0.333. The van der Waals surface area contributed by atoms with Crippen molar-refractivity contribution in [3.05, 3.63) is 45.9 Å². The van der Waals surface area contributed by atoms with E-state index in [1.54, 1.807) is 18.2 Å². The molecule has 0 bridgehead atoms. The first-order chi connectivity index (χ1) is 16.0. The molecule has 0 unspecified atom stereocenters. The van der Waals surface area contributed by atoms with Crippen molar-refractivity contribution < 1.29 is 14.6 Å². The Balaban J connectivity index is 1.48. The molecular weight excluding hydrogens is 467 g/mol. The zero-order chi connectivity index (χ0) is 23.2. The lowest BCUT2D eigenvalue weighted by molar-refractivity contribution is 0.0927. The topological polar surface area (TPSA) is 125 Å². The second-order valence-corrected chi connectivity index (χ2v) is 8.74. The van der Waals surface area contributed by atoms with Gasteiger partial charge in [0.05, 0.1) is 15.6 Å². The maximum Gasteiger partial charge on any atom is 0.267 e. The first kappa shape index (κ1) is 23.1. The van der Waals surface area contributed by atoms with Crippen LogP contribution >= 0.6 is 23.2 Å². The highest BCUT2D eigenvalue weighted by Gasteiger charge is 2.19. The van der Waals surface area contributed by atoms with Crippen molar-refractivity contribution in [2.24, 2.45) is 0 Å². The number of phenols is 1. The molecule has 9 nitrogen and oxygen atoms in total. The smallest absolute Gasteiger partial charge is 0.267 e. The first-order valence-corrected chi connectivity index (χ1v) is 11.6. The summed E-state index contributed by atoms with van der Waals surface area (Å²) in [5.41, 5.74) is 0.681. The molecule has 1 amide bonds. The number of nitrogens with one attached hydrogen (secondary N) is 3. The van der Waals surface area contributed by atoms with Gasteiger partial charge < -0.3 is 20.5 Å². The Labute approximate surface area is 200 Å². The molecule has 33 heavy (non-hydrogen) atoms. The molecule has 174 valence electrons. The molecule has 1 aromatic heterocycles. The van der Waals surface area contributed by atoms with Gasteiger partial charge in [-0.05, 0) is 48.4 Å². The van der Waals surface area contributed by atoms with Crippen LogP contribution in [0.1, 0.15) is 55.3 Å². The minimum absolute atomic E-state index is 0.102. The molecule has 1 aliphatic rings. The zero-order valence-electron chi connectivity index (χ0n) is 17.8. The quantitative estimate of drug-likeness (QED) is 0.354. The van der Waals surface area contributed by atoms with Gasteiger partial charge in [0.2, 0.25) is 0 Å². The molecule has 0 radical (unpaired) electrons. The van der Waals surface area contributed by atoms with Gasteiger partial charge in [-0.3, -0.25) is 4.79 Å². The van der Waals surface area contributed by atoms with E-state index in [0.717, 1.165) is 25.7 Å². The molecule has 1 fully saturated rings. The number of H-pyrrole nitrogens is 1. The van der Waals surface area contributed by atoms with E-state index in [4.69, 9.17) is 27.9 Å². The summed E-state index contributed by atoms with van der Waals surface area (Å²) in [5, 5.41) is 30.1. The van der Waals surface area contributed by atoms with Crippen LogP contribution in [0.15, 0.2) is 30.3 Å². The Morgan fingerprint density at radius 2 is 1.76 bits per heavy atom. The second kappa shape index (κ2) is 10.7. The summed E-state index contributed by atoms with van der Waals surface area (Å²) in [7, 11) is 0. The number of amides is 1. The standard InChI is InChI=1S/C22H24Cl2N6O3/c23-17-10-14(26-22-27-29-30-28-22)11-18(24)20(17)33-15-8-9-19(31)16(12-15)21(32)25-13-6-4-2-1-3-5-7-13/h8-13,31H,1-7H2,(H,25,32)(H2,26,27,28,29,30). The number of anilines is 2. The van der Waals surface area contributed by atoms with E-state index in [0.29, 0.717) is 11.4 Å². The number of hydrogen-bond acceptors (Lipinski definition) is 7. The Hall–Kier alpha value is -3.04. The molecule has 1 aliphatic carbocycles. The van der Waals surface area contributed by atoms with Crippen LogP contribution in [0.4, 0.5) is 11.6 Å². The van der Waals surface area contributed by atoms with Gasteiger partial charge >= 0.3 is 0 Å². The maximum absolute atomic E-state index is 12.9. The van der Waals surface area contributed by atoms with Crippen molar-refractivity contribution in [1.29, 1.82) is 0 Å². The number of carbonyl (C=O) groups excluding carboxylic acids is 1. The van der Waals surface area contributed by atoms with Gasteiger partial charge in [-0.15, -0.1) is 5.10 Å². The number of halogens is 2. The van der Waals surface area contributed by atoms with Gasteiger partial charge in [0.1, 0.15) is 11.5 Å². The number of aromatic nitrogens is 4. The van der Waals surface area contributed by atoms with Crippen molar-refractivity contribution in [2.75, 3.05) is 5.32 Å². The largest absolute Gasteiger partial charge is 0.507 e. The van der Waals surface area contributed by atoms with E-state index in [2.05, 4.69) is 31.3 Å². The molecule has 2 aromatic carbocycles. The summed E-state index contributed by atoms with van der Waals surface area (Å²) in [6, 6.07) is 7.73. The predicted octanol–water partition coefficient (Wildman–Crippen LogP) is 5.59. The fourth-order valence-corrected chi connectivity index (χ4v) is 4.38. The third-order valence-electron chi connectivity index (χ3n) is 5.47. The number of benzene rings is 2. The van der Waals surface area contributed by atoms with Gasteiger partial charge in [-0.2, -0.15) is 5.21 Å². The number of tetrazole rings is 1. The summed E-state index contributed by atoms with van der Waals surface area (Å²) in [6.07, 6.45) is 7.69. The lowest BCUT2D eigenvalue weighted by Gasteiger charge is -2.21. The number of hydrogen-bond donors (Lipinski definition) is 4. The summed E-state index contributed by atoms with van der Waals surface area (Å²) < 4.78 is 5.87. The van der Waals surface area contributed by atoms with E-state index in [1.165, 1.54) is 31.4 Å². The molecular formula is C22H24Cl2N6O3. The van der Waals surface area contributed by atoms with Gasteiger partial charge in [0.25, 0.3) is 11.9 Å². The van der Waals surface area contributed by atoms with Gasteiger partial charge in [-0.1, -0.05) is 60.4 Å². The van der Waals surface area contributed by atoms with Crippen LogP contribution in [0.2, 0.25) is 10.0 Å². The monoisotopic (exact) mass is 490 g/mol. The number of nitrogens with zero attached hydrogens (tertiary/aromatic N) is 3. The number of aromatic amines is 1. The Morgan fingerprint density at radius 1 is 1.06 bits per heavy atom. The lowest BCUT2D eigenvalue weighted by Crippen LogP contribution is -2.35. The first-order valence-electron chi connectivity index (χ1n) is 10.8. The number of aromatic hydroxyl groups is 1. The van der Waals surface area contributed by atoms with Gasteiger partial charge in [0.15, 0.2) is 5.75 Å². The van der Waals surface area contributed by atoms with E-state index in [-0.39, 0.29) is 45.0 Å². The SMILES string of the molecule is O=C(NC1CCCCCCC1)c1cc(Oc2c(Cl)cc(Nc3nn[nH]n3)cc2Cl)ccc1O. The molecule has 3 aromatic rings. The number of rotatable bonds is 6. The van der Waals surface area contributed by atoms with E-state index in [1.807, 2.05) is 0 Å². The van der Waals surface area contributed by atoms with Gasteiger partial charge in [-0.25, -0.2) is 0 Å². The van der Waals surface area contributed by atoms with Gasteiger partial charge in [0, 0.05) is 11.7 Å². The summed E-state index contributed by atoms with van der Waals surface area (Å²) >= 11 is 12.7. The van der Waals surface area contributed by atoms with Crippen molar-refractivity contribution in [3.8, 4) is 17.2 Å². The summed E-state index contributed by atoms with van der Waals surface area (Å²) in [6.45, 7) is 0. The van der Waals surface area contributed by atoms with E-state index >= 15 is 0 Å². The van der Waals surface area contributed by atoms with Crippen LogP contribution in [-0.4, -0.2) is 37.7 Å². The normalized spacial score (nSPS) is 14.8. The molecule has 0 spiro atoms. The van der Waals surface area contributed by atoms with E-state index < -0.39 is 0 Å². The Kier molecular flexibility index (Phi) is 7.51. The summed E-state index contributed by atoms with van der Waals surface area (Å²) in [5.74, 6) is 0.338. The number of carbonyl (C=O) groups is 1. The highest BCUT2D eigenvalue weighted by molar-refractivity contribution is 6.37. The Bertz CT molecular complexity index is 1080. The lowest BCUT2D eigenvalue weighted by atomic mass is 9.96. The van der Waals surface area contributed by atoms with Crippen molar-refractivity contribution in [2.45, 2.75) is 51.0 Å². The van der Waals surface area contributed by atoms with Crippen molar-refractivity contribution in [1.82, 2.24) is 25.9 Å². The average Bonchev–Trinajstić information content (AvgIpc) is 3.26. The molecule has 0 saturated heterocycles. The van der Waals surface area contributed by atoms with E-state index in [9.17, 15) is 9.90 Å². The van der Waals surface area contributed by atoms with Crippen molar-refractivity contribution in [3.63, 3.8) is 0 Å². The molecule has 4 rings (SSSR count). The highest BCUT2D eigenvalue weighted by Crippen LogP contribution is 2.40. The predicted molar refractivity (Wildman–Crippen MR) is 126 cm³/mol. The molecule has 11 heteroatoms. The zero-order valence-corrected chi connectivity index (χ0v) is 19.3. The molecule has 0 aliphatic heterocycles. The van der Waals surface area contributed by atoms with Crippen LogP contribution in [0.5, 0.6) is 17.2 Å². The fraction of sp³-hybridized carbons (Fsp3) is 0.364. The number of ether oxygens (including phenoxy) is 1. The number of phenolic OH excluding ortho intramolecular Hbond substituents is 1.